The molecule has 0 aliphatic rings. The summed E-state index contributed by atoms with van der Waals surface area (Å²) in [6.07, 6.45) is 0.751. The van der Waals surface area contributed by atoms with Gasteiger partial charge in [0.2, 0.25) is 0 Å². The molecule has 0 N–H and O–H groups in total. The molecule has 2 aromatic rings. The van der Waals surface area contributed by atoms with Gasteiger partial charge in [-0.05, 0) is 37.6 Å². The van der Waals surface area contributed by atoms with Gasteiger partial charge in [-0.2, -0.15) is 0 Å². The van der Waals surface area contributed by atoms with E-state index < -0.39 is 0 Å². The van der Waals surface area contributed by atoms with Gasteiger partial charge in [-0.25, -0.2) is 4.98 Å². The number of nitrogens with zero attached hydrogens (tertiary/aromatic N) is 1. The van der Waals surface area contributed by atoms with E-state index in [1.165, 1.54) is 0 Å². The van der Waals surface area contributed by atoms with Crippen LogP contribution >= 0.6 is 11.3 Å². The van der Waals surface area contributed by atoms with Crippen LogP contribution in [-0.2, 0) is 6.42 Å². The third kappa shape index (κ3) is 2.18. The van der Waals surface area contributed by atoms with Crippen LogP contribution in [0.3, 0.4) is 0 Å². The largest absolute Gasteiger partial charge is 0.497 e. The zero-order valence-corrected chi connectivity index (χ0v) is 9.38. The Morgan fingerprint density at radius 2 is 2.07 bits per heavy atom. The topological polar surface area (TPSA) is 22.1 Å². The Morgan fingerprint density at radius 3 is 2.60 bits per heavy atom. The van der Waals surface area contributed by atoms with Gasteiger partial charge >= 0.3 is 0 Å². The minimum Gasteiger partial charge on any atom is -0.497 e. The van der Waals surface area contributed by atoms with Crippen molar-refractivity contribution in [1.29, 1.82) is 0 Å². The lowest BCUT2D eigenvalue weighted by molar-refractivity contribution is 0.415. The number of benzene rings is 1. The van der Waals surface area contributed by atoms with Crippen LogP contribution < -0.4 is 4.74 Å². The second-order valence-corrected chi connectivity index (χ2v) is 4.05. The van der Waals surface area contributed by atoms with Crippen molar-refractivity contribution in [2.45, 2.75) is 6.42 Å². The standard InChI is InChI=1S/C12H12NOS/c1-3-12-13-11(8-15-12)9-4-6-10(14-2)7-5-9/h4-8H,1,3H2,2H3. The van der Waals surface area contributed by atoms with Crippen LogP contribution in [0.15, 0.2) is 29.6 Å². The maximum atomic E-state index is 5.10. The Bertz CT molecular complexity index is 433. The lowest BCUT2D eigenvalue weighted by Crippen LogP contribution is -1.83. The molecule has 0 atom stereocenters. The fraction of sp³-hybridized carbons (Fsp3) is 0.167. The van der Waals surface area contributed by atoms with Crippen LogP contribution in [0.25, 0.3) is 11.3 Å². The number of hydrogen-bond acceptors (Lipinski definition) is 3. The fourth-order valence-electron chi connectivity index (χ4n) is 1.32. The number of ether oxygens (including phenoxy) is 1. The number of rotatable bonds is 3. The molecular formula is C12H12NOS. The summed E-state index contributed by atoms with van der Waals surface area (Å²) in [5, 5.41) is 3.13. The van der Waals surface area contributed by atoms with Gasteiger partial charge in [0.05, 0.1) is 17.8 Å². The second-order valence-electron chi connectivity index (χ2n) is 3.10. The van der Waals surface area contributed by atoms with Crippen molar-refractivity contribution in [1.82, 2.24) is 4.98 Å². The average Bonchev–Trinajstić information content (AvgIpc) is 2.78. The van der Waals surface area contributed by atoms with Crippen LogP contribution in [0, 0.1) is 6.92 Å². The zero-order chi connectivity index (χ0) is 10.7. The molecule has 1 radical (unpaired) electrons. The van der Waals surface area contributed by atoms with Crippen molar-refractivity contribution < 1.29 is 4.74 Å². The minimum absolute atomic E-state index is 0.751. The van der Waals surface area contributed by atoms with E-state index in [2.05, 4.69) is 17.3 Å². The Labute approximate surface area is 93.6 Å². The molecule has 3 heteroatoms. The van der Waals surface area contributed by atoms with Gasteiger partial charge in [-0.15, -0.1) is 11.3 Å². The fourth-order valence-corrected chi connectivity index (χ4v) is 2.03. The van der Waals surface area contributed by atoms with Crippen LogP contribution in [0.1, 0.15) is 5.01 Å². The number of methoxy groups -OCH3 is 1. The molecule has 1 heterocycles. The quantitative estimate of drug-likeness (QED) is 0.789. The van der Waals surface area contributed by atoms with Crippen LogP contribution in [0.4, 0.5) is 0 Å². The summed E-state index contributed by atoms with van der Waals surface area (Å²) in [5.41, 5.74) is 2.13. The number of hydrogen-bond donors (Lipinski definition) is 0. The molecule has 0 fully saturated rings. The van der Waals surface area contributed by atoms with Crippen molar-refractivity contribution in [3.63, 3.8) is 0 Å². The zero-order valence-electron chi connectivity index (χ0n) is 8.56. The van der Waals surface area contributed by atoms with Gasteiger partial charge in [0.1, 0.15) is 5.75 Å². The first-order valence-electron chi connectivity index (χ1n) is 4.71. The highest BCUT2D eigenvalue weighted by Gasteiger charge is 2.02. The minimum atomic E-state index is 0.751. The van der Waals surface area contributed by atoms with E-state index >= 15 is 0 Å². The van der Waals surface area contributed by atoms with E-state index in [9.17, 15) is 0 Å². The molecule has 0 aliphatic heterocycles. The third-order valence-corrected chi connectivity index (χ3v) is 3.06. The first kappa shape index (κ1) is 10.2. The molecule has 1 aromatic heterocycles. The predicted octanol–water partition coefficient (Wildman–Crippen LogP) is 3.20. The number of aromatic nitrogens is 1. The average molecular weight is 218 g/mol. The third-order valence-electron chi connectivity index (χ3n) is 2.15. The van der Waals surface area contributed by atoms with Gasteiger partial charge in [0, 0.05) is 10.9 Å². The maximum absolute atomic E-state index is 5.10. The SMILES string of the molecule is [CH2]Cc1nc(-c2ccc(OC)cc2)cs1. The molecule has 0 unspecified atom stereocenters. The summed E-state index contributed by atoms with van der Waals surface area (Å²) in [7, 11) is 1.67. The molecule has 0 saturated heterocycles. The van der Waals surface area contributed by atoms with Crippen molar-refractivity contribution in [2.75, 3.05) is 7.11 Å². The summed E-state index contributed by atoms with van der Waals surface area (Å²) < 4.78 is 5.10. The second kappa shape index (κ2) is 4.45. The summed E-state index contributed by atoms with van der Waals surface area (Å²) in [6.45, 7) is 3.82. The van der Waals surface area contributed by atoms with E-state index in [1.54, 1.807) is 18.4 Å². The van der Waals surface area contributed by atoms with Crippen molar-refractivity contribution in [3.05, 3.63) is 41.6 Å². The molecule has 0 aliphatic carbocycles. The highest BCUT2D eigenvalue weighted by Crippen LogP contribution is 2.24. The Morgan fingerprint density at radius 1 is 1.33 bits per heavy atom. The molecule has 0 amide bonds. The Balaban J connectivity index is 2.28. The lowest BCUT2D eigenvalue weighted by atomic mass is 10.2. The van der Waals surface area contributed by atoms with Crippen molar-refractivity contribution in [2.24, 2.45) is 0 Å². The van der Waals surface area contributed by atoms with Crippen molar-refractivity contribution in [3.8, 4) is 17.0 Å². The van der Waals surface area contributed by atoms with Crippen LogP contribution in [0.2, 0.25) is 0 Å². The molecule has 0 spiro atoms. The molecule has 2 nitrogen and oxygen atoms in total. The molecule has 1 aromatic carbocycles. The van der Waals surface area contributed by atoms with Gasteiger partial charge < -0.3 is 4.74 Å². The molecule has 77 valence electrons. The molecule has 15 heavy (non-hydrogen) atoms. The number of thiazole rings is 1. The summed E-state index contributed by atoms with van der Waals surface area (Å²) in [5.74, 6) is 0.867. The van der Waals surface area contributed by atoms with Crippen LogP contribution in [0.5, 0.6) is 5.75 Å². The molecule has 0 saturated carbocycles. The van der Waals surface area contributed by atoms with Gasteiger partial charge in [-0.1, -0.05) is 0 Å². The normalized spacial score (nSPS) is 10.3. The monoisotopic (exact) mass is 218 g/mol. The Kier molecular flexibility index (Phi) is 3.02. The smallest absolute Gasteiger partial charge is 0.118 e. The van der Waals surface area contributed by atoms with Crippen LogP contribution in [-0.4, -0.2) is 12.1 Å². The molecular weight excluding hydrogens is 206 g/mol. The Hall–Kier alpha value is -1.35. The van der Waals surface area contributed by atoms with E-state index in [0.717, 1.165) is 28.4 Å². The van der Waals surface area contributed by atoms with E-state index in [1.807, 2.05) is 24.3 Å². The maximum Gasteiger partial charge on any atom is 0.118 e. The molecule has 0 bridgehead atoms. The first-order valence-corrected chi connectivity index (χ1v) is 5.59. The summed E-state index contributed by atoms with van der Waals surface area (Å²) in [4.78, 5) is 4.47. The van der Waals surface area contributed by atoms with Gasteiger partial charge in [-0.3, -0.25) is 0 Å². The lowest BCUT2D eigenvalue weighted by Gasteiger charge is -2.00. The van der Waals surface area contributed by atoms with Gasteiger partial charge in [0.25, 0.3) is 0 Å². The van der Waals surface area contributed by atoms with E-state index in [-0.39, 0.29) is 0 Å². The molecule has 2 rings (SSSR count). The highest BCUT2D eigenvalue weighted by atomic mass is 32.1. The van der Waals surface area contributed by atoms with Gasteiger partial charge in [0.15, 0.2) is 0 Å². The highest BCUT2D eigenvalue weighted by molar-refractivity contribution is 7.09. The first-order chi connectivity index (χ1) is 7.33. The summed E-state index contributed by atoms with van der Waals surface area (Å²) >= 11 is 1.65. The van der Waals surface area contributed by atoms with Crippen molar-refractivity contribution >= 4 is 11.3 Å². The summed E-state index contributed by atoms with van der Waals surface area (Å²) in [6, 6.07) is 7.92. The van der Waals surface area contributed by atoms with E-state index in [0.29, 0.717) is 0 Å². The predicted molar refractivity (Wildman–Crippen MR) is 63.2 cm³/mol. The van der Waals surface area contributed by atoms with E-state index in [4.69, 9.17) is 4.74 Å².